The molecule has 0 fully saturated rings. The van der Waals surface area contributed by atoms with Crippen LogP contribution in [0.2, 0.25) is 0 Å². The number of halogens is 2. The summed E-state index contributed by atoms with van der Waals surface area (Å²) in [4.78, 5) is 0. The van der Waals surface area contributed by atoms with Crippen molar-refractivity contribution in [3.63, 3.8) is 0 Å². The molecule has 0 radical (unpaired) electrons. The minimum Gasteiger partial charge on any atom is -0.197 e. The first kappa shape index (κ1) is 2.82. The molecule has 5 heavy (non-hydrogen) atoms. The molecule has 28 valence electrons. The maximum absolute atomic E-state index is 11.0. The van der Waals surface area contributed by atoms with E-state index in [9.17, 15) is 8.78 Å². The molecular formula is C3H2F2. The van der Waals surface area contributed by atoms with Crippen LogP contribution in [0.15, 0.2) is 12.2 Å². The molecule has 0 aromatic heterocycles. The molecule has 0 saturated carbocycles. The summed E-state index contributed by atoms with van der Waals surface area (Å²) in [5, 5.41) is 0. The van der Waals surface area contributed by atoms with Gasteiger partial charge in [0.15, 0.2) is 0 Å². The average Bonchev–Trinajstić information content (AvgIpc) is 1.76. The predicted octanol–water partition coefficient (Wildman–Crippen LogP) is 1.19. The molecule has 1 aliphatic rings. The van der Waals surface area contributed by atoms with Crippen LogP contribution in [0.25, 0.3) is 0 Å². The van der Waals surface area contributed by atoms with Gasteiger partial charge in [-0.1, -0.05) is 0 Å². The molecule has 0 unspecified atom stereocenters. The minimum atomic E-state index is -2.50. The summed E-state index contributed by atoms with van der Waals surface area (Å²) < 4.78 is 22.0. The lowest BCUT2D eigenvalue weighted by Crippen LogP contribution is -1.83. The molecule has 0 bridgehead atoms. The number of hydrogen-bond donors (Lipinski definition) is 0. The number of allylic oxidation sites excluding steroid dienone is 2. The predicted molar refractivity (Wildman–Crippen MR) is 14.1 cm³/mol. The fourth-order valence-electron chi connectivity index (χ4n) is 0.0630. The fraction of sp³-hybridized carbons (Fsp3) is 0.333. The first-order valence-electron chi connectivity index (χ1n) is 1.29. The van der Waals surface area contributed by atoms with Crippen molar-refractivity contribution in [1.29, 1.82) is 0 Å². The van der Waals surface area contributed by atoms with Crippen LogP contribution < -0.4 is 0 Å². The summed E-state index contributed by atoms with van der Waals surface area (Å²) in [7, 11) is 0. The van der Waals surface area contributed by atoms with Crippen molar-refractivity contribution in [1.82, 2.24) is 0 Å². The molecule has 0 saturated heterocycles. The molecule has 0 aromatic carbocycles. The second-order valence-electron chi connectivity index (χ2n) is 1.01. The van der Waals surface area contributed by atoms with Crippen LogP contribution in [-0.2, 0) is 0 Å². The maximum atomic E-state index is 11.0. The molecular weight excluding hydrogens is 74.0 g/mol. The number of alkyl halides is 2. The standard InChI is InChI=1S/C3H2F2/c4-3(5)1-2-3/h1-2H. The van der Waals surface area contributed by atoms with Crippen LogP contribution in [0.5, 0.6) is 0 Å². The highest BCUT2D eigenvalue weighted by Gasteiger charge is 2.32. The lowest BCUT2D eigenvalue weighted by atomic mass is 10.8. The summed E-state index contributed by atoms with van der Waals surface area (Å²) in [6.07, 6.45) is 1.71. The van der Waals surface area contributed by atoms with Gasteiger partial charge in [0, 0.05) is 0 Å². The topological polar surface area (TPSA) is 0 Å². The molecule has 0 aliphatic heterocycles. The Balaban J connectivity index is 2.47. The first-order chi connectivity index (χ1) is 2.21. The summed E-state index contributed by atoms with van der Waals surface area (Å²) in [6, 6.07) is 0. The van der Waals surface area contributed by atoms with Gasteiger partial charge in [-0.05, 0) is 12.2 Å². The van der Waals surface area contributed by atoms with E-state index in [2.05, 4.69) is 0 Å². The van der Waals surface area contributed by atoms with Crippen molar-refractivity contribution >= 4 is 0 Å². The zero-order valence-electron chi connectivity index (χ0n) is 2.41. The lowest BCUT2D eigenvalue weighted by molar-refractivity contribution is 0.152. The van der Waals surface area contributed by atoms with Crippen LogP contribution in [-0.4, -0.2) is 5.92 Å². The van der Waals surface area contributed by atoms with E-state index < -0.39 is 5.92 Å². The van der Waals surface area contributed by atoms with Crippen molar-refractivity contribution < 1.29 is 8.78 Å². The first-order valence-corrected chi connectivity index (χ1v) is 1.29. The van der Waals surface area contributed by atoms with E-state index in [4.69, 9.17) is 0 Å². The van der Waals surface area contributed by atoms with Gasteiger partial charge in [0.1, 0.15) is 0 Å². The normalized spacial score (nSPS) is 26.8. The molecule has 0 spiro atoms. The highest BCUT2D eigenvalue weighted by Crippen LogP contribution is 2.28. The zero-order chi connectivity index (χ0) is 3.91. The third kappa shape index (κ3) is 0.436. The highest BCUT2D eigenvalue weighted by atomic mass is 19.3. The van der Waals surface area contributed by atoms with Crippen LogP contribution in [0.3, 0.4) is 0 Å². The van der Waals surface area contributed by atoms with E-state index in [0.29, 0.717) is 0 Å². The number of hydrogen-bond acceptors (Lipinski definition) is 0. The Hall–Kier alpha value is -0.400. The van der Waals surface area contributed by atoms with Gasteiger partial charge in [-0.3, -0.25) is 0 Å². The van der Waals surface area contributed by atoms with E-state index in [-0.39, 0.29) is 0 Å². The van der Waals surface area contributed by atoms with Crippen molar-refractivity contribution in [3.05, 3.63) is 12.2 Å². The van der Waals surface area contributed by atoms with Gasteiger partial charge in [-0.2, -0.15) is 8.78 Å². The van der Waals surface area contributed by atoms with Crippen molar-refractivity contribution in [2.45, 2.75) is 5.92 Å². The van der Waals surface area contributed by atoms with Crippen LogP contribution in [0, 0.1) is 0 Å². The molecule has 0 amide bonds. The van der Waals surface area contributed by atoms with Gasteiger partial charge in [-0.15, -0.1) is 0 Å². The quantitative estimate of drug-likeness (QED) is 0.380. The molecule has 0 N–H and O–H groups in total. The Kier molecular flexibility index (Phi) is 0.237. The molecule has 0 aromatic rings. The van der Waals surface area contributed by atoms with E-state index in [1.165, 1.54) is 0 Å². The Morgan fingerprint density at radius 2 is 1.40 bits per heavy atom. The van der Waals surface area contributed by atoms with Gasteiger partial charge < -0.3 is 0 Å². The summed E-state index contributed by atoms with van der Waals surface area (Å²) in [6.45, 7) is 0. The summed E-state index contributed by atoms with van der Waals surface area (Å²) in [5.74, 6) is -2.50. The van der Waals surface area contributed by atoms with Gasteiger partial charge >= 0.3 is 0 Å². The maximum Gasteiger partial charge on any atom is 0.285 e. The van der Waals surface area contributed by atoms with Crippen LogP contribution in [0.4, 0.5) is 8.78 Å². The average molecular weight is 76.0 g/mol. The van der Waals surface area contributed by atoms with Gasteiger partial charge in [0.2, 0.25) is 0 Å². The number of rotatable bonds is 0. The second-order valence-corrected chi connectivity index (χ2v) is 1.01. The Labute approximate surface area is 28.1 Å². The lowest BCUT2D eigenvalue weighted by Gasteiger charge is -1.78. The Bertz CT molecular complexity index is 65.0. The zero-order valence-corrected chi connectivity index (χ0v) is 2.41. The Morgan fingerprint density at radius 3 is 1.40 bits per heavy atom. The van der Waals surface area contributed by atoms with E-state index in [1.807, 2.05) is 0 Å². The van der Waals surface area contributed by atoms with E-state index in [0.717, 1.165) is 12.2 Å². The SMILES string of the molecule is FC1(F)C=C1. The van der Waals surface area contributed by atoms with Gasteiger partial charge in [0.25, 0.3) is 5.92 Å². The molecule has 0 heterocycles. The minimum absolute atomic E-state index is 0.854. The van der Waals surface area contributed by atoms with Crippen molar-refractivity contribution in [2.24, 2.45) is 0 Å². The highest BCUT2D eigenvalue weighted by molar-refractivity contribution is 5.22. The largest absolute Gasteiger partial charge is 0.285 e. The van der Waals surface area contributed by atoms with Crippen molar-refractivity contribution in [3.8, 4) is 0 Å². The summed E-state index contributed by atoms with van der Waals surface area (Å²) >= 11 is 0. The molecule has 0 atom stereocenters. The van der Waals surface area contributed by atoms with E-state index >= 15 is 0 Å². The Morgan fingerprint density at radius 1 is 1.20 bits per heavy atom. The van der Waals surface area contributed by atoms with Crippen molar-refractivity contribution in [2.75, 3.05) is 0 Å². The smallest absolute Gasteiger partial charge is 0.197 e. The second kappa shape index (κ2) is 0.421. The molecule has 0 nitrogen and oxygen atoms in total. The third-order valence-electron chi connectivity index (χ3n) is 0.419. The third-order valence-corrected chi connectivity index (χ3v) is 0.419. The van der Waals surface area contributed by atoms with E-state index in [1.54, 1.807) is 0 Å². The summed E-state index contributed by atoms with van der Waals surface area (Å²) in [5.41, 5.74) is 0. The molecule has 2 heteroatoms. The van der Waals surface area contributed by atoms with Gasteiger partial charge in [0.05, 0.1) is 0 Å². The van der Waals surface area contributed by atoms with Crippen LogP contribution in [0.1, 0.15) is 0 Å². The van der Waals surface area contributed by atoms with Crippen LogP contribution >= 0.6 is 0 Å². The van der Waals surface area contributed by atoms with Gasteiger partial charge in [-0.25, -0.2) is 0 Å². The monoisotopic (exact) mass is 76.0 g/mol. The molecule has 1 rings (SSSR count). The fourth-order valence-corrected chi connectivity index (χ4v) is 0.0630. The molecule has 1 aliphatic carbocycles.